The molecule has 3 unspecified atom stereocenters. The van der Waals surface area contributed by atoms with Crippen LogP contribution in [-0.4, -0.2) is 62.7 Å². The van der Waals surface area contributed by atoms with Gasteiger partial charge in [-0.15, -0.1) is 11.8 Å². The van der Waals surface area contributed by atoms with Gasteiger partial charge in [-0.25, -0.2) is 31.3 Å². The van der Waals surface area contributed by atoms with E-state index < -0.39 is 89.0 Å². The highest BCUT2D eigenvalue weighted by Crippen LogP contribution is 2.62. The molecule has 18 heteroatoms. The summed E-state index contributed by atoms with van der Waals surface area (Å²) in [7, 11) is 0. The van der Waals surface area contributed by atoms with Gasteiger partial charge in [0.2, 0.25) is 5.91 Å². The zero-order chi connectivity index (χ0) is 40.9. The third-order valence-electron chi connectivity index (χ3n) is 9.59. The van der Waals surface area contributed by atoms with Crippen molar-refractivity contribution < 1.29 is 39.9 Å². The van der Waals surface area contributed by atoms with Gasteiger partial charge in [-0.1, -0.05) is 23.6 Å². The van der Waals surface area contributed by atoms with Crippen molar-refractivity contribution in [1.82, 2.24) is 25.4 Å². The van der Waals surface area contributed by atoms with Crippen LogP contribution in [-0.2, 0) is 17.8 Å². The molecule has 0 saturated heterocycles. The minimum absolute atomic E-state index is 0.0237. The van der Waals surface area contributed by atoms with Crippen LogP contribution in [0, 0.1) is 40.7 Å². The number of carbonyl (C=O) groups excluding carboxylic acids is 1. The first-order chi connectivity index (χ1) is 26.3. The van der Waals surface area contributed by atoms with Gasteiger partial charge in [0, 0.05) is 28.7 Å². The number of fused-ring (bicyclic) bond motifs is 2. The Morgan fingerprint density at radius 3 is 2.45 bits per heavy atom. The van der Waals surface area contributed by atoms with E-state index >= 15 is 8.78 Å². The summed E-state index contributed by atoms with van der Waals surface area (Å²) in [6.45, 7) is 1.99. The maximum Gasteiger partial charge on any atom is 0.290 e. The fraction of sp³-hybridized carbons (Fsp3) is 0.368. The Labute approximate surface area is 325 Å². The Balaban J connectivity index is 1.49. The maximum absolute atomic E-state index is 15.2. The van der Waals surface area contributed by atoms with Crippen molar-refractivity contribution in [2.45, 2.75) is 62.8 Å². The minimum Gasteiger partial charge on any atom is -0.382 e. The SMILES string of the molecule is CSC(C)(C)C#Cc1ccc(-c2ccc(Cl)c3c(N)nn(CC(F)F)c23)c(C(Cc2cc(F)cc(F)c2)NC(=O)CNC2=C(C(=N)C(F)F)C3CC3C2(F)F)n1. The number of nitrogens with two attached hydrogens (primary N) is 1. The minimum atomic E-state index is -3.60. The number of thioether (sulfide) groups is 1. The molecule has 0 spiro atoms. The number of amides is 1. The van der Waals surface area contributed by atoms with Gasteiger partial charge in [0.25, 0.3) is 18.8 Å². The normalized spacial score (nSPS) is 17.9. The molecule has 2 aliphatic rings. The van der Waals surface area contributed by atoms with Gasteiger partial charge in [0.1, 0.15) is 29.6 Å². The highest BCUT2D eigenvalue weighted by atomic mass is 35.5. The number of pyridine rings is 1. The Morgan fingerprint density at radius 1 is 1.12 bits per heavy atom. The summed E-state index contributed by atoms with van der Waals surface area (Å²) < 4.78 is 115. The van der Waals surface area contributed by atoms with Crippen LogP contribution in [0.1, 0.15) is 43.3 Å². The molecule has 1 amide bonds. The standard InChI is InChI=1S/C38H34ClF8N7OS/c1-37(2,56-3)9-8-20-4-5-21(22-6-7-25(39)30-33(22)54(16-27(42)43)53-36(30)49)32(51-20)26(12-17-10-18(40)13-19(41)11-17)52-28(55)15-50-34-29(31(48)35(44)45)23-14-24(23)38(34,46)47/h4-7,10-11,13,23-24,26-27,35,48,50H,12,14-16H2,1-3H3,(H2,49,53)(H,52,55). The predicted molar refractivity (Wildman–Crippen MR) is 199 cm³/mol. The molecule has 1 fully saturated rings. The Morgan fingerprint density at radius 2 is 1.80 bits per heavy atom. The van der Waals surface area contributed by atoms with Crippen LogP contribution in [0.3, 0.4) is 0 Å². The van der Waals surface area contributed by atoms with Crippen molar-refractivity contribution in [3.8, 4) is 23.0 Å². The monoisotopic (exact) mass is 823 g/mol. The van der Waals surface area contributed by atoms with Crippen LogP contribution < -0.4 is 16.4 Å². The molecule has 8 nitrogen and oxygen atoms in total. The number of benzene rings is 2. The molecule has 296 valence electrons. The highest BCUT2D eigenvalue weighted by Gasteiger charge is 2.66. The number of hydrogen-bond donors (Lipinski definition) is 4. The van der Waals surface area contributed by atoms with Crippen LogP contribution in [0.5, 0.6) is 0 Å². The Hall–Kier alpha value is -4.82. The van der Waals surface area contributed by atoms with Crippen molar-refractivity contribution in [3.63, 3.8) is 0 Å². The maximum atomic E-state index is 15.2. The van der Waals surface area contributed by atoms with E-state index in [0.29, 0.717) is 6.07 Å². The van der Waals surface area contributed by atoms with Gasteiger partial charge in [0.15, 0.2) is 5.82 Å². The molecule has 1 saturated carbocycles. The smallest absolute Gasteiger partial charge is 0.290 e. The van der Waals surface area contributed by atoms with E-state index in [2.05, 4.69) is 27.6 Å². The summed E-state index contributed by atoms with van der Waals surface area (Å²) in [6, 6.07) is 7.41. The van der Waals surface area contributed by atoms with E-state index in [4.69, 9.17) is 27.7 Å². The number of nitrogens with zero attached hydrogens (tertiary/aromatic N) is 3. The first-order valence-electron chi connectivity index (χ1n) is 17.1. The van der Waals surface area contributed by atoms with Gasteiger partial charge < -0.3 is 16.4 Å². The lowest BCUT2D eigenvalue weighted by molar-refractivity contribution is -0.121. The first kappa shape index (κ1) is 40.8. The summed E-state index contributed by atoms with van der Waals surface area (Å²) >= 11 is 7.93. The van der Waals surface area contributed by atoms with Crippen LogP contribution in [0.2, 0.25) is 5.02 Å². The fourth-order valence-corrected chi connectivity index (χ4v) is 7.22. The molecule has 2 aromatic carbocycles. The molecule has 0 bridgehead atoms. The average molecular weight is 824 g/mol. The van der Waals surface area contributed by atoms with Crippen LogP contribution in [0.15, 0.2) is 53.7 Å². The summed E-state index contributed by atoms with van der Waals surface area (Å²) in [5.74, 6) is -2.75. The predicted octanol–water partition coefficient (Wildman–Crippen LogP) is 8.18. The lowest BCUT2D eigenvalue weighted by atomic mass is 9.93. The molecule has 56 heavy (non-hydrogen) atoms. The van der Waals surface area contributed by atoms with Crippen molar-refractivity contribution in [1.29, 1.82) is 5.41 Å². The number of nitrogen functional groups attached to an aromatic ring is 1. The summed E-state index contributed by atoms with van der Waals surface area (Å²) in [5.41, 5.74) is 4.17. The number of aromatic nitrogens is 3. The van der Waals surface area contributed by atoms with Crippen molar-refractivity contribution in [3.05, 3.63) is 87.3 Å². The van der Waals surface area contributed by atoms with Crippen LogP contribution in [0.4, 0.5) is 40.9 Å². The molecule has 6 rings (SSSR count). The number of allylic oxidation sites excluding steroid dienone is 2. The average Bonchev–Trinajstić information content (AvgIpc) is 3.80. The molecule has 2 aliphatic carbocycles. The van der Waals surface area contributed by atoms with Gasteiger partial charge in [-0.3, -0.25) is 14.9 Å². The number of hydrogen-bond acceptors (Lipinski definition) is 7. The zero-order valence-electron chi connectivity index (χ0n) is 29.9. The molecule has 2 heterocycles. The number of alkyl halides is 6. The number of nitrogens with one attached hydrogen (secondary N) is 3. The van der Waals surface area contributed by atoms with Gasteiger partial charge in [0.05, 0.1) is 44.7 Å². The van der Waals surface area contributed by atoms with Crippen LogP contribution >= 0.6 is 23.4 Å². The van der Waals surface area contributed by atoms with Gasteiger partial charge in [-0.05, 0) is 80.7 Å². The number of rotatable bonds is 13. The second-order valence-electron chi connectivity index (χ2n) is 13.9. The zero-order valence-corrected chi connectivity index (χ0v) is 31.5. The molecule has 0 radical (unpaired) electrons. The number of halogens is 9. The highest BCUT2D eigenvalue weighted by molar-refractivity contribution is 8.00. The van der Waals surface area contributed by atoms with Crippen LogP contribution in [0.25, 0.3) is 22.0 Å². The molecule has 4 aromatic rings. The van der Waals surface area contributed by atoms with E-state index in [1.54, 1.807) is 12.1 Å². The molecular formula is C38H34ClF8N7OS. The topological polar surface area (TPSA) is 122 Å². The molecule has 0 aliphatic heterocycles. The first-order valence-corrected chi connectivity index (χ1v) is 18.7. The lowest BCUT2D eigenvalue weighted by Gasteiger charge is -2.24. The summed E-state index contributed by atoms with van der Waals surface area (Å²) in [5, 5.41) is 17.1. The van der Waals surface area contributed by atoms with Gasteiger partial charge in [-0.2, -0.15) is 13.9 Å². The Bertz CT molecular complexity index is 2300. The molecule has 2 aromatic heterocycles. The quantitative estimate of drug-likeness (QED) is 0.0614. The van der Waals surface area contributed by atoms with E-state index in [-0.39, 0.29) is 62.7 Å². The number of anilines is 1. The van der Waals surface area contributed by atoms with E-state index in [9.17, 15) is 31.1 Å². The lowest BCUT2D eigenvalue weighted by Crippen LogP contribution is -2.41. The van der Waals surface area contributed by atoms with E-state index in [1.807, 2.05) is 20.1 Å². The van der Waals surface area contributed by atoms with E-state index in [1.165, 1.54) is 23.9 Å². The summed E-state index contributed by atoms with van der Waals surface area (Å²) in [6.07, 6.45) is -4.75. The van der Waals surface area contributed by atoms with Crippen molar-refractivity contribution in [2.75, 3.05) is 18.5 Å². The third kappa shape index (κ3) is 8.31. The number of carbonyl (C=O) groups is 1. The Kier molecular flexibility index (Phi) is 11.4. The van der Waals surface area contributed by atoms with Gasteiger partial charge >= 0.3 is 0 Å². The molecular weight excluding hydrogens is 790 g/mol. The fourth-order valence-electron chi connectivity index (χ4n) is 6.82. The second-order valence-corrected chi connectivity index (χ2v) is 15.7. The second kappa shape index (κ2) is 15.6. The van der Waals surface area contributed by atoms with Crippen molar-refractivity contribution >= 4 is 51.7 Å². The third-order valence-corrected chi connectivity index (χ3v) is 11.0. The van der Waals surface area contributed by atoms with Crippen molar-refractivity contribution in [2.24, 2.45) is 11.8 Å². The molecule has 3 atom stereocenters. The van der Waals surface area contributed by atoms with E-state index in [0.717, 1.165) is 16.8 Å². The summed E-state index contributed by atoms with van der Waals surface area (Å²) in [4.78, 5) is 18.5. The largest absolute Gasteiger partial charge is 0.382 e. The molecule has 5 N–H and O–H groups in total.